The zero-order valence-corrected chi connectivity index (χ0v) is 23.1. The molecule has 37 heavy (non-hydrogen) atoms. The number of hydrogen-bond acceptors (Lipinski definition) is 8. The van der Waals surface area contributed by atoms with E-state index in [1.165, 1.54) is 48.5 Å². The van der Waals surface area contributed by atoms with E-state index in [9.17, 15) is 19.2 Å². The van der Waals surface area contributed by atoms with Crippen LogP contribution in [0.2, 0.25) is 0 Å². The van der Waals surface area contributed by atoms with Gasteiger partial charge in [-0.3, -0.25) is 14.4 Å². The second-order valence-corrected chi connectivity index (χ2v) is 11.7. The van der Waals surface area contributed by atoms with Crippen LogP contribution in [0.3, 0.4) is 0 Å². The zero-order chi connectivity index (χ0) is 26.5. The summed E-state index contributed by atoms with van der Waals surface area (Å²) in [5.74, 6) is -0.936. The third-order valence-electron chi connectivity index (χ3n) is 5.91. The molecule has 0 saturated heterocycles. The number of benzene rings is 1. The lowest BCUT2D eigenvalue weighted by atomic mass is 10.0. The number of esters is 1. The number of anilines is 2. The van der Waals surface area contributed by atoms with Gasteiger partial charge in [0, 0.05) is 28.9 Å². The van der Waals surface area contributed by atoms with Gasteiger partial charge in [0.05, 0.1) is 29.3 Å². The summed E-state index contributed by atoms with van der Waals surface area (Å²) in [5.41, 5.74) is 1.85. The Bertz CT molecular complexity index is 1320. The number of fused-ring (bicyclic) bond motifs is 1. The molecule has 1 unspecified atom stereocenters. The number of methoxy groups -OCH3 is 1. The van der Waals surface area contributed by atoms with Crippen molar-refractivity contribution in [3.05, 3.63) is 62.7 Å². The van der Waals surface area contributed by atoms with E-state index in [4.69, 9.17) is 4.74 Å². The number of rotatable bonds is 8. The molecule has 4 rings (SSSR count). The Hall–Kier alpha value is -3.15. The first-order valence-corrected chi connectivity index (χ1v) is 14.3. The lowest BCUT2D eigenvalue weighted by Gasteiger charge is -2.25. The lowest BCUT2D eigenvalue weighted by Crippen LogP contribution is -2.34. The Morgan fingerprint density at radius 2 is 1.97 bits per heavy atom. The molecule has 3 amide bonds. The lowest BCUT2D eigenvalue weighted by molar-refractivity contribution is -0.129. The monoisotopic (exact) mass is 557 g/mol. The van der Waals surface area contributed by atoms with Crippen LogP contribution in [0.25, 0.3) is 0 Å². The molecule has 194 valence electrons. The van der Waals surface area contributed by atoms with Crippen LogP contribution in [0.15, 0.2) is 46.7 Å². The van der Waals surface area contributed by atoms with Crippen molar-refractivity contribution in [2.75, 3.05) is 24.3 Å². The van der Waals surface area contributed by atoms with E-state index in [-0.39, 0.29) is 17.7 Å². The maximum absolute atomic E-state index is 13.3. The molecule has 0 fully saturated rings. The summed E-state index contributed by atoms with van der Waals surface area (Å²) >= 11 is 4.07. The maximum atomic E-state index is 13.3. The number of thiophene rings is 2. The molecule has 2 N–H and O–H groups in total. The minimum atomic E-state index is -0.501. The van der Waals surface area contributed by atoms with Crippen molar-refractivity contribution in [2.45, 2.75) is 43.4 Å². The van der Waals surface area contributed by atoms with Gasteiger partial charge < -0.3 is 20.3 Å². The second-order valence-electron chi connectivity index (χ2n) is 8.35. The standard InChI is InChI=1S/C26H27N3O5S3/c1-4-19(36-17-8-5-7-16(13-17)27-24(32)20-9-6-12-35-20)23(31)28-25-22(26(33)34-3)18-10-11-29(15(2)30)14-21(18)37-25/h5-9,12-13,19H,4,10-11,14H2,1-3H3,(H,27,32)(H,28,31). The van der Waals surface area contributed by atoms with Gasteiger partial charge >= 0.3 is 5.97 Å². The Kier molecular flexibility index (Phi) is 8.67. The van der Waals surface area contributed by atoms with Gasteiger partial charge in [0.15, 0.2) is 0 Å². The quantitative estimate of drug-likeness (QED) is 0.289. The molecule has 1 atom stereocenters. The van der Waals surface area contributed by atoms with Crippen LogP contribution < -0.4 is 10.6 Å². The highest BCUT2D eigenvalue weighted by Gasteiger charge is 2.31. The van der Waals surface area contributed by atoms with Gasteiger partial charge in [-0.25, -0.2) is 4.79 Å². The number of carbonyl (C=O) groups is 4. The fraction of sp³-hybridized carbons (Fsp3) is 0.308. The van der Waals surface area contributed by atoms with Crippen LogP contribution in [0.1, 0.15) is 50.7 Å². The van der Waals surface area contributed by atoms with E-state index in [1.54, 1.807) is 17.0 Å². The first kappa shape index (κ1) is 26.9. The van der Waals surface area contributed by atoms with Crippen molar-refractivity contribution in [1.29, 1.82) is 0 Å². The van der Waals surface area contributed by atoms with Crippen molar-refractivity contribution < 1.29 is 23.9 Å². The van der Waals surface area contributed by atoms with Crippen molar-refractivity contribution in [1.82, 2.24) is 4.90 Å². The normalized spacial score (nSPS) is 13.4. The third kappa shape index (κ3) is 6.23. The number of ether oxygens (including phenoxy) is 1. The van der Waals surface area contributed by atoms with Gasteiger partial charge in [0.1, 0.15) is 5.00 Å². The molecule has 1 aliphatic rings. The summed E-state index contributed by atoms with van der Waals surface area (Å²) in [7, 11) is 1.32. The third-order valence-corrected chi connectivity index (χ3v) is 9.27. The predicted octanol–water partition coefficient (Wildman–Crippen LogP) is 5.26. The first-order valence-electron chi connectivity index (χ1n) is 11.7. The second kappa shape index (κ2) is 11.9. The molecule has 0 spiro atoms. The zero-order valence-electron chi connectivity index (χ0n) is 20.7. The van der Waals surface area contributed by atoms with Crippen LogP contribution >= 0.6 is 34.4 Å². The fourth-order valence-electron chi connectivity index (χ4n) is 4.00. The van der Waals surface area contributed by atoms with Gasteiger partial charge in [-0.15, -0.1) is 34.4 Å². The van der Waals surface area contributed by atoms with Crippen LogP contribution in [0.5, 0.6) is 0 Å². The number of carbonyl (C=O) groups excluding carboxylic acids is 4. The van der Waals surface area contributed by atoms with Crippen LogP contribution in [0, 0.1) is 0 Å². The molecule has 1 aromatic carbocycles. The number of hydrogen-bond donors (Lipinski definition) is 2. The van der Waals surface area contributed by atoms with Crippen molar-refractivity contribution >= 4 is 68.8 Å². The molecule has 0 bridgehead atoms. The predicted molar refractivity (Wildman–Crippen MR) is 148 cm³/mol. The van der Waals surface area contributed by atoms with Crippen molar-refractivity contribution in [3.8, 4) is 0 Å². The molecule has 0 radical (unpaired) electrons. The minimum Gasteiger partial charge on any atom is -0.465 e. The highest BCUT2D eigenvalue weighted by molar-refractivity contribution is 8.00. The molecule has 0 aliphatic carbocycles. The Morgan fingerprint density at radius 1 is 1.16 bits per heavy atom. The maximum Gasteiger partial charge on any atom is 0.341 e. The van der Waals surface area contributed by atoms with Crippen molar-refractivity contribution in [3.63, 3.8) is 0 Å². The molecule has 2 aromatic heterocycles. The summed E-state index contributed by atoms with van der Waals surface area (Å²) in [6.07, 6.45) is 1.08. The fourth-order valence-corrected chi connectivity index (χ4v) is 6.89. The highest BCUT2D eigenvalue weighted by atomic mass is 32.2. The summed E-state index contributed by atoms with van der Waals surface area (Å²) in [6, 6.07) is 11.0. The Labute approximate surface area is 227 Å². The molecule has 3 aromatic rings. The van der Waals surface area contributed by atoms with Gasteiger partial charge in [-0.05, 0) is 48.1 Å². The number of thioether (sulfide) groups is 1. The summed E-state index contributed by atoms with van der Waals surface area (Å²) in [6.45, 7) is 4.37. The molecule has 3 heterocycles. The molecular formula is C26H27N3O5S3. The summed E-state index contributed by atoms with van der Waals surface area (Å²) < 4.78 is 5.01. The largest absolute Gasteiger partial charge is 0.465 e. The molecule has 1 aliphatic heterocycles. The van der Waals surface area contributed by atoms with Crippen LogP contribution in [0.4, 0.5) is 10.7 Å². The summed E-state index contributed by atoms with van der Waals surface area (Å²) in [4.78, 5) is 54.2. The smallest absolute Gasteiger partial charge is 0.341 e. The Morgan fingerprint density at radius 3 is 2.65 bits per heavy atom. The molecule has 11 heteroatoms. The molecule has 0 saturated carbocycles. The van der Waals surface area contributed by atoms with E-state index in [2.05, 4.69) is 10.6 Å². The van der Waals surface area contributed by atoms with E-state index in [0.717, 1.165) is 15.3 Å². The molecular weight excluding hydrogens is 531 g/mol. The van der Waals surface area contributed by atoms with Gasteiger partial charge in [-0.2, -0.15) is 0 Å². The Balaban J connectivity index is 1.49. The number of nitrogens with one attached hydrogen (secondary N) is 2. The summed E-state index contributed by atoms with van der Waals surface area (Å²) in [5, 5.41) is 7.71. The van der Waals surface area contributed by atoms with Crippen molar-refractivity contribution in [2.24, 2.45) is 0 Å². The average molecular weight is 558 g/mol. The highest BCUT2D eigenvalue weighted by Crippen LogP contribution is 2.38. The SMILES string of the molecule is CCC(Sc1cccc(NC(=O)c2cccs2)c1)C(=O)Nc1sc2c(c1C(=O)OC)CCN(C(C)=O)C2. The van der Waals surface area contributed by atoms with Crippen LogP contribution in [-0.2, 0) is 27.3 Å². The number of amides is 3. The van der Waals surface area contributed by atoms with Gasteiger partial charge in [0.2, 0.25) is 11.8 Å². The van der Waals surface area contributed by atoms with E-state index < -0.39 is 11.2 Å². The topological polar surface area (TPSA) is 105 Å². The van der Waals surface area contributed by atoms with Gasteiger partial charge in [-0.1, -0.05) is 19.1 Å². The minimum absolute atomic E-state index is 0.0273. The molecule has 8 nitrogen and oxygen atoms in total. The van der Waals surface area contributed by atoms with E-state index in [1.807, 2.05) is 36.6 Å². The van der Waals surface area contributed by atoms with E-state index >= 15 is 0 Å². The van der Waals surface area contributed by atoms with E-state index in [0.29, 0.717) is 47.1 Å². The van der Waals surface area contributed by atoms with Gasteiger partial charge in [0.25, 0.3) is 5.91 Å². The first-order chi connectivity index (χ1) is 17.8. The average Bonchev–Trinajstić information content (AvgIpc) is 3.54. The number of nitrogens with zero attached hydrogens (tertiary/aromatic N) is 1. The van der Waals surface area contributed by atoms with Crippen LogP contribution in [-0.4, -0.2) is 47.5 Å².